The zero-order valence-electron chi connectivity index (χ0n) is 12.0. The minimum Gasteiger partial charge on any atom is -0.377 e. The van der Waals surface area contributed by atoms with Crippen molar-refractivity contribution >= 4 is 10.0 Å². The Labute approximate surface area is 121 Å². The number of piperazine rings is 1. The van der Waals surface area contributed by atoms with Crippen molar-refractivity contribution in [3.8, 4) is 0 Å². The molecule has 3 aliphatic rings. The zero-order valence-corrected chi connectivity index (χ0v) is 12.8. The van der Waals surface area contributed by atoms with Crippen LogP contribution in [0.3, 0.4) is 0 Å². The molecule has 0 aromatic rings. The average Bonchev–Trinajstić information content (AvgIpc) is 3.11. The Morgan fingerprint density at radius 2 is 1.95 bits per heavy atom. The van der Waals surface area contributed by atoms with E-state index in [2.05, 4.69) is 10.2 Å². The van der Waals surface area contributed by atoms with Crippen LogP contribution in [-0.4, -0.2) is 81.4 Å². The number of hydrogen-bond donors (Lipinski definition) is 1. The third-order valence-corrected chi connectivity index (χ3v) is 6.58. The van der Waals surface area contributed by atoms with E-state index in [0.29, 0.717) is 25.7 Å². The molecule has 116 valence electrons. The van der Waals surface area contributed by atoms with Crippen LogP contribution >= 0.6 is 0 Å². The minimum absolute atomic E-state index is 0.0861. The Balaban J connectivity index is 1.51. The van der Waals surface area contributed by atoms with Gasteiger partial charge in [-0.25, -0.2) is 8.42 Å². The Morgan fingerprint density at radius 3 is 2.55 bits per heavy atom. The van der Waals surface area contributed by atoms with Gasteiger partial charge in [0, 0.05) is 45.4 Å². The molecule has 6 nitrogen and oxygen atoms in total. The molecule has 3 fully saturated rings. The van der Waals surface area contributed by atoms with Crippen molar-refractivity contribution in [2.75, 3.05) is 51.6 Å². The highest BCUT2D eigenvalue weighted by molar-refractivity contribution is 7.89. The molecule has 7 heteroatoms. The van der Waals surface area contributed by atoms with Gasteiger partial charge in [-0.3, -0.25) is 4.90 Å². The summed E-state index contributed by atoms with van der Waals surface area (Å²) in [6.07, 6.45) is 2.97. The molecule has 3 saturated heterocycles. The topological polar surface area (TPSA) is 61.9 Å². The predicted molar refractivity (Wildman–Crippen MR) is 77.2 cm³/mol. The van der Waals surface area contributed by atoms with Gasteiger partial charge in [-0.2, -0.15) is 4.31 Å². The first-order chi connectivity index (χ1) is 9.65. The van der Waals surface area contributed by atoms with E-state index >= 15 is 0 Å². The third-order valence-electron chi connectivity index (χ3n) is 4.64. The van der Waals surface area contributed by atoms with E-state index in [0.717, 1.165) is 39.0 Å². The van der Waals surface area contributed by atoms with Crippen molar-refractivity contribution in [1.82, 2.24) is 14.5 Å². The van der Waals surface area contributed by atoms with Crippen molar-refractivity contribution in [1.29, 1.82) is 0 Å². The first kappa shape index (κ1) is 14.7. The number of ether oxygens (including phenoxy) is 1. The lowest BCUT2D eigenvalue weighted by Crippen LogP contribution is -2.53. The van der Waals surface area contributed by atoms with Gasteiger partial charge < -0.3 is 10.1 Å². The van der Waals surface area contributed by atoms with Crippen LogP contribution in [-0.2, 0) is 14.8 Å². The van der Waals surface area contributed by atoms with E-state index in [1.54, 1.807) is 4.31 Å². The molecule has 0 aliphatic carbocycles. The van der Waals surface area contributed by atoms with Gasteiger partial charge in [-0.15, -0.1) is 0 Å². The number of rotatable bonds is 4. The summed E-state index contributed by atoms with van der Waals surface area (Å²) >= 11 is 0. The molecule has 0 aromatic heterocycles. The van der Waals surface area contributed by atoms with Crippen molar-refractivity contribution < 1.29 is 13.2 Å². The summed E-state index contributed by atoms with van der Waals surface area (Å²) in [7, 11) is -3.15. The quantitative estimate of drug-likeness (QED) is 0.757. The van der Waals surface area contributed by atoms with Crippen molar-refractivity contribution in [2.45, 2.75) is 31.4 Å². The van der Waals surface area contributed by atoms with E-state index in [-0.39, 0.29) is 11.9 Å². The second-order valence-corrected chi connectivity index (χ2v) is 8.01. The van der Waals surface area contributed by atoms with Gasteiger partial charge in [0.2, 0.25) is 10.0 Å². The second-order valence-electron chi connectivity index (χ2n) is 6.00. The van der Waals surface area contributed by atoms with E-state index in [9.17, 15) is 8.42 Å². The predicted octanol–water partition coefficient (Wildman–Crippen LogP) is -0.525. The normalized spacial score (nSPS) is 33.8. The molecule has 20 heavy (non-hydrogen) atoms. The van der Waals surface area contributed by atoms with Crippen LogP contribution in [0, 0.1) is 0 Å². The van der Waals surface area contributed by atoms with Crippen LogP contribution in [0.25, 0.3) is 0 Å². The van der Waals surface area contributed by atoms with Gasteiger partial charge in [0.1, 0.15) is 0 Å². The van der Waals surface area contributed by atoms with Gasteiger partial charge in [0.25, 0.3) is 0 Å². The number of nitrogens with zero attached hydrogens (tertiary/aromatic N) is 2. The molecule has 0 amide bonds. The molecule has 0 aromatic carbocycles. The molecule has 0 spiro atoms. The summed E-state index contributed by atoms with van der Waals surface area (Å²) in [6.45, 7) is 5.82. The number of nitrogens with one attached hydrogen (secondary N) is 1. The maximum absolute atomic E-state index is 12.4. The van der Waals surface area contributed by atoms with Gasteiger partial charge >= 0.3 is 0 Å². The lowest BCUT2D eigenvalue weighted by molar-refractivity contribution is 0.122. The Bertz CT molecular complexity index is 409. The average molecular weight is 303 g/mol. The summed E-state index contributed by atoms with van der Waals surface area (Å²) in [5, 5.41) is 3.37. The van der Waals surface area contributed by atoms with Crippen LogP contribution in [0.2, 0.25) is 0 Å². The van der Waals surface area contributed by atoms with Gasteiger partial charge in [0.05, 0.1) is 11.9 Å². The van der Waals surface area contributed by atoms with E-state index < -0.39 is 10.0 Å². The van der Waals surface area contributed by atoms with E-state index in [1.165, 1.54) is 6.42 Å². The highest BCUT2D eigenvalue weighted by Crippen LogP contribution is 2.18. The Hall–Kier alpha value is -0.210. The molecule has 3 heterocycles. The van der Waals surface area contributed by atoms with Gasteiger partial charge in [-0.1, -0.05) is 0 Å². The first-order valence-corrected chi connectivity index (χ1v) is 9.30. The van der Waals surface area contributed by atoms with Crippen molar-refractivity contribution in [2.24, 2.45) is 0 Å². The van der Waals surface area contributed by atoms with Crippen molar-refractivity contribution in [3.05, 3.63) is 0 Å². The van der Waals surface area contributed by atoms with Crippen molar-refractivity contribution in [3.63, 3.8) is 0 Å². The summed E-state index contributed by atoms with van der Waals surface area (Å²) in [5.41, 5.74) is 0. The molecule has 0 radical (unpaired) electrons. The van der Waals surface area contributed by atoms with Gasteiger partial charge in [0.15, 0.2) is 0 Å². The largest absolute Gasteiger partial charge is 0.377 e. The van der Waals surface area contributed by atoms with Crippen LogP contribution in [0.15, 0.2) is 0 Å². The Kier molecular flexibility index (Phi) is 4.62. The molecule has 0 saturated carbocycles. The molecular formula is C13H25N3O3S. The Morgan fingerprint density at radius 1 is 1.15 bits per heavy atom. The van der Waals surface area contributed by atoms with Crippen LogP contribution < -0.4 is 5.32 Å². The summed E-state index contributed by atoms with van der Waals surface area (Å²) in [4.78, 5) is 2.43. The molecule has 2 unspecified atom stereocenters. The lowest BCUT2D eigenvalue weighted by atomic mass is 10.2. The maximum Gasteiger partial charge on any atom is 0.216 e. The fraction of sp³-hybridized carbons (Fsp3) is 1.00. The molecule has 3 rings (SSSR count). The molecule has 1 N–H and O–H groups in total. The van der Waals surface area contributed by atoms with Crippen LogP contribution in [0.5, 0.6) is 0 Å². The second kappa shape index (κ2) is 6.27. The fourth-order valence-electron chi connectivity index (χ4n) is 3.41. The molecular weight excluding hydrogens is 278 g/mol. The van der Waals surface area contributed by atoms with Crippen LogP contribution in [0.1, 0.15) is 19.3 Å². The summed E-state index contributed by atoms with van der Waals surface area (Å²) in [5.74, 6) is 0.165. The monoisotopic (exact) mass is 303 g/mol. The van der Waals surface area contributed by atoms with Gasteiger partial charge in [-0.05, 0) is 25.8 Å². The first-order valence-electron chi connectivity index (χ1n) is 7.69. The fourth-order valence-corrected chi connectivity index (χ4v) is 5.08. The number of sulfonamides is 1. The smallest absolute Gasteiger partial charge is 0.216 e. The maximum atomic E-state index is 12.4. The van der Waals surface area contributed by atoms with E-state index in [1.807, 2.05) is 0 Å². The standard InChI is InChI=1S/C13H25N3O3S/c17-20(18,11-13-2-1-9-19-13)16-7-5-15(6-8-16)12-3-4-14-10-12/h12-14H,1-11H2. The zero-order chi connectivity index (χ0) is 14.0. The third kappa shape index (κ3) is 3.33. The number of hydrogen-bond acceptors (Lipinski definition) is 5. The molecule has 2 atom stereocenters. The molecule has 0 bridgehead atoms. The lowest BCUT2D eigenvalue weighted by Gasteiger charge is -2.37. The molecule has 3 aliphatic heterocycles. The summed E-state index contributed by atoms with van der Waals surface area (Å²) in [6, 6.07) is 0.595. The SMILES string of the molecule is O=S(=O)(CC1CCCO1)N1CCN(C2CCNC2)CC1. The van der Waals surface area contributed by atoms with Crippen LogP contribution in [0.4, 0.5) is 0 Å². The van der Waals surface area contributed by atoms with E-state index in [4.69, 9.17) is 4.74 Å². The summed E-state index contributed by atoms with van der Waals surface area (Å²) < 4.78 is 31.9. The highest BCUT2D eigenvalue weighted by atomic mass is 32.2. The minimum atomic E-state index is -3.15. The highest BCUT2D eigenvalue weighted by Gasteiger charge is 2.33.